The van der Waals surface area contributed by atoms with Crippen molar-refractivity contribution in [3.63, 3.8) is 0 Å². The van der Waals surface area contributed by atoms with Crippen molar-refractivity contribution in [1.82, 2.24) is 20.8 Å². The van der Waals surface area contributed by atoms with E-state index in [4.69, 9.17) is 5.21 Å². The summed E-state index contributed by atoms with van der Waals surface area (Å²) in [6, 6.07) is 14.7. The number of aromatic amines is 1. The van der Waals surface area contributed by atoms with Crippen LogP contribution in [0.4, 0.5) is 0 Å². The van der Waals surface area contributed by atoms with Crippen LogP contribution in [-0.2, 0) is 4.79 Å². The van der Waals surface area contributed by atoms with Crippen LogP contribution in [0.25, 0.3) is 22.4 Å². The maximum Gasteiger partial charge on any atom is 0.262 e. The summed E-state index contributed by atoms with van der Waals surface area (Å²) in [5, 5.41) is 10.8. The van der Waals surface area contributed by atoms with Crippen LogP contribution in [0.2, 0.25) is 0 Å². The molecule has 2 aromatic carbocycles. The topological polar surface area (TPSA) is 107 Å². The predicted octanol–water partition coefficient (Wildman–Crippen LogP) is 1.47. The van der Waals surface area contributed by atoms with Crippen molar-refractivity contribution < 1.29 is 14.8 Å². The van der Waals surface area contributed by atoms with E-state index in [9.17, 15) is 9.59 Å². The van der Waals surface area contributed by atoms with E-state index in [0.717, 1.165) is 22.4 Å². The lowest BCUT2D eigenvalue weighted by Crippen LogP contribution is -2.35. The Labute approximate surface area is 131 Å². The Hall–Kier alpha value is -3.19. The maximum atomic E-state index is 12.0. The lowest BCUT2D eigenvalue weighted by molar-refractivity contribution is -0.128. The fraction of sp³-hybridized carbons (Fsp3) is 0.0625. The predicted molar refractivity (Wildman–Crippen MR) is 83.8 cm³/mol. The fourth-order valence-corrected chi connectivity index (χ4v) is 2.19. The Balaban J connectivity index is 1.85. The molecule has 0 aliphatic carbocycles. The van der Waals surface area contributed by atoms with Gasteiger partial charge in [-0.25, -0.2) is 10.5 Å². The molecule has 1 heterocycles. The van der Waals surface area contributed by atoms with Crippen LogP contribution in [0.15, 0.2) is 48.5 Å². The summed E-state index contributed by atoms with van der Waals surface area (Å²) in [5.41, 5.74) is 4.27. The maximum absolute atomic E-state index is 12.0. The summed E-state index contributed by atoms with van der Waals surface area (Å²) in [7, 11) is 0. The molecule has 0 aliphatic heterocycles. The van der Waals surface area contributed by atoms with Gasteiger partial charge in [0.25, 0.3) is 11.8 Å². The van der Waals surface area contributed by atoms with Gasteiger partial charge in [0.1, 0.15) is 5.82 Å². The zero-order chi connectivity index (χ0) is 16.2. The van der Waals surface area contributed by atoms with E-state index in [-0.39, 0.29) is 6.54 Å². The highest BCUT2D eigenvalue weighted by molar-refractivity contribution is 5.99. The summed E-state index contributed by atoms with van der Waals surface area (Å²) in [4.78, 5) is 30.6. The molecule has 4 N–H and O–H groups in total. The molecule has 3 aromatic rings. The molecule has 0 unspecified atom stereocenters. The second kappa shape index (κ2) is 6.29. The second-order valence-electron chi connectivity index (χ2n) is 4.90. The number of imidazole rings is 1. The van der Waals surface area contributed by atoms with Crippen LogP contribution >= 0.6 is 0 Å². The van der Waals surface area contributed by atoms with Crippen LogP contribution in [0.5, 0.6) is 0 Å². The third kappa shape index (κ3) is 3.19. The number of hydroxylamine groups is 1. The first-order valence-electron chi connectivity index (χ1n) is 6.93. The first-order chi connectivity index (χ1) is 11.2. The van der Waals surface area contributed by atoms with E-state index in [1.807, 2.05) is 30.3 Å². The highest BCUT2D eigenvalue weighted by Crippen LogP contribution is 2.21. The van der Waals surface area contributed by atoms with Crippen LogP contribution in [-0.4, -0.2) is 33.5 Å². The molecule has 7 heteroatoms. The Bertz CT molecular complexity index is 858. The normalized spacial score (nSPS) is 10.5. The van der Waals surface area contributed by atoms with Crippen molar-refractivity contribution in [2.45, 2.75) is 0 Å². The van der Waals surface area contributed by atoms with Crippen LogP contribution in [0, 0.1) is 0 Å². The van der Waals surface area contributed by atoms with Gasteiger partial charge in [-0.15, -0.1) is 0 Å². The van der Waals surface area contributed by atoms with Crippen molar-refractivity contribution in [3.8, 4) is 11.4 Å². The SMILES string of the molecule is O=C(CNC(=O)c1ccc2nc(-c3ccccc3)[nH]c2c1)NO. The van der Waals surface area contributed by atoms with Crippen molar-refractivity contribution >= 4 is 22.8 Å². The minimum absolute atomic E-state index is 0.300. The van der Waals surface area contributed by atoms with Gasteiger partial charge in [-0.2, -0.15) is 0 Å². The number of benzene rings is 2. The smallest absolute Gasteiger partial charge is 0.262 e. The number of hydrogen-bond acceptors (Lipinski definition) is 4. The number of carbonyl (C=O) groups excluding carboxylic acids is 2. The van der Waals surface area contributed by atoms with Gasteiger partial charge >= 0.3 is 0 Å². The van der Waals surface area contributed by atoms with E-state index < -0.39 is 11.8 Å². The molecular weight excluding hydrogens is 296 g/mol. The lowest BCUT2D eigenvalue weighted by atomic mass is 10.2. The van der Waals surface area contributed by atoms with E-state index in [1.54, 1.807) is 18.2 Å². The third-order valence-electron chi connectivity index (χ3n) is 3.33. The average molecular weight is 310 g/mol. The molecule has 7 nitrogen and oxygen atoms in total. The van der Waals surface area contributed by atoms with Gasteiger partial charge in [-0.3, -0.25) is 14.8 Å². The molecule has 23 heavy (non-hydrogen) atoms. The number of nitrogens with zero attached hydrogens (tertiary/aromatic N) is 1. The quantitative estimate of drug-likeness (QED) is 0.432. The summed E-state index contributed by atoms with van der Waals surface area (Å²) in [5.74, 6) is -0.378. The van der Waals surface area contributed by atoms with Crippen molar-refractivity contribution in [3.05, 3.63) is 54.1 Å². The number of fused-ring (bicyclic) bond motifs is 1. The number of amides is 2. The average Bonchev–Trinajstić information content (AvgIpc) is 3.03. The van der Waals surface area contributed by atoms with Gasteiger partial charge in [0.2, 0.25) is 0 Å². The first kappa shape index (κ1) is 14.7. The zero-order valence-electron chi connectivity index (χ0n) is 12.0. The molecule has 0 spiro atoms. The van der Waals surface area contributed by atoms with Gasteiger partial charge in [-0.1, -0.05) is 30.3 Å². The highest BCUT2D eigenvalue weighted by atomic mass is 16.5. The van der Waals surface area contributed by atoms with Crippen molar-refractivity contribution in [2.75, 3.05) is 6.54 Å². The van der Waals surface area contributed by atoms with Gasteiger partial charge in [0.05, 0.1) is 17.6 Å². The monoisotopic (exact) mass is 310 g/mol. The number of carbonyl (C=O) groups is 2. The molecule has 1 aromatic heterocycles. The molecule has 0 aliphatic rings. The number of hydrogen-bond donors (Lipinski definition) is 4. The fourth-order valence-electron chi connectivity index (χ4n) is 2.19. The molecule has 0 saturated carbocycles. The molecule has 2 amide bonds. The van der Waals surface area contributed by atoms with Gasteiger partial charge in [-0.05, 0) is 18.2 Å². The summed E-state index contributed by atoms with van der Waals surface area (Å²) in [6.45, 7) is -0.300. The molecule has 0 bridgehead atoms. The van der Waals surface area contributed by atoms with Crippen LogP contribution in [0.3, 0.4) is 0 Å². The second-order valence-corrected chi connectivity index (χ2v) is 4.90. The van der Waals surface area contributed by atoms with E-state index in [2.05, 4.69) is 15.3 Å². The molecule has 0 fully saturated rings. The molecule has 3 rings (SSSR count). The van der Waals surface area contributed by atoms with E-state index in [1.165, 1.54) is 5.48 Å². The first-order valence-corrected chi connectivity index (χ1v) is 6.93. The Morgan fingerprint density at radius 1 is 1.13 bits per heavy atom. The molecular formula is C16H14N4O3. The summed E-state index contributed by atoms with van der Waals surface area (Å²) >= 11 is 0. The van der Waals surface area contributed by atoms with Gasteiger partial charge in [0.15, 0.2) is 0 Å². The van der Waals surface area contributed by atoms with Crippen LogP contribution < -0.4 is 10.8 Å². The number of aromatic nitrogens is 2. The minimum Gasteiger partial charge on any atom is -0.343 e. The number of rotatable bonds is 4. The largest absolute Gasteiger partial charge is 0.343 e. The minimum atomic E-state index is -0.688. The standard InChI is InChI=1S/C16H14N4O3/c21-14(20-23)9-17-16(22)11-6-7-12-13(8-11)19-15(18-12)10-4-2-1-3-5-10/h1-8,23H,9H2,(H,17,22)(H,18,19)(H,20,21). The van der Waals surface area contributed by atoms with E-state index in [0.29, 0.717) is 5.56 Å². The van der Waals surface area contributed by atoms with Crippen molar-refractivity contribution in [2.24, 2.45) is 0 Å². The zero-order valence-corrected chi connectivity index (χ0v) is 12.0. The molecule has 116 valence electrons. The third-order valence-corrected chi connectivity index (χ3v) is 3.33. The van der Waals surface area contributed by atoms with Crippen LogP contribution in [0.1, 0.15) is 10.4 Å². The summed E-state index contributed by atoms with van der Waals surface area (Å²) < 4.78 is 0. The number of nitrogens with one attached hydrogen (secondary N) is 3. The van der Waals surface area contributed by atoms with Gasteiger partial charge in [0, 0.05) is 11.1 Å². The Morgan fingerprint density at radius 2 is 1.91 bits per heavy atom. The Morgan fingerprint density at radius 3 is 2.65 bits per heavy atom. The van der Waals surface area contributed by atoms with Crippen molar-refractivity contribution in [1.29, 1.82) is 0 Å². The number of H-pyrrole nitrogens is 1. The van der Waals surface area contributed by atoms with Gasteiger partial charge < -0.3 is 10.3 Å². The van der Waals surface area contributed by atoms with E-state index >= 15 is 0 Å². The molecule has 0 saturated heterocycles. The Kier molecular flexibility index (Phi) is 4.03. The summed E-state index contributed by atoms with van der Waals surface area (Å²) in [6.07, 6.45) is 0. The lowest BCUT2D eigenvalue weighted by Gasteiger charge is -2.03. The highest BCUT2D eigenvalue weighted by Gasteiger charge is 2.10. The molecule has 0 radical (unpaired) electrons. The molecule has 0 atom stereocenters.